The van der Waals surface area contributed by atoms with E-state index in [1.54, 1.807) is 17.5 Å². The summed E-state index contributed by atoms with van der Waals surface area (Å²) in [6.07, 6.45) is 10.7. The summed E-state index contributed by atoms with van der Waals surface area (Å²) in [6.45, 7) is 3.28. The quantitative estimate of drug-likeness (QED) is 0.886. The first kappa shape index (κ1) is 13.5. The standard InChI is InChI=1S/C16H23ClN2S/c1-10(18-9-15-19-8-14(17)20-15)16-5-11-2-12(6-16)4-13(3-11)7-16/h8,10-13,18H,2-7,9H2,1H3. The summed E-state index contributed by atoms with van der Waals surface area (Å²) < 4.78 is 0.796. The summed E-state index contributed by atoms with van der Waals surface area (Å²) >= 11 is 7.56. The van der Waals surface area contributed by atoms with Crippen LogP contribution < -0.4 is 5.32 Å². The van der Waals surface area contributed by atoms with E-state index in [2.05, 4.69) is 17.2 Å². The number of hydrogen-bond donors (Lipinski definition) is 1. The average Bonchev–Trinajstić information content (AvgIpc) is 2.80. The lowest BCUT2D eigenvalue weighted by Crippen LogP contribution is -2.54. The maximum atomic E-state index is 5.96. The molecule has 1 heterocycles. The van der Waals surface area contributed by atoms with Gasteiger partial charge in [-0.1, -0.05) is 11.6 Å². The van der Waals surface area contributed by atoms with Crippen LogP contribution in [0.3, 0.4) is 0 Å². The molecule has 4 aliphatic carbocycles. The highest BCUT2D eigenvalue weighted by atomic mass is 35.5. The van der Waals surface area contributed by atoms with E-state index in [9.17, 15) is 0 Å². The minimum Gasteiger partial charge on any atom is -0.307 e. The van der Waals surface area contributed by atoms with E-state index in [4.69, 9.17) is 11.6 Å². The summed E-state index contributed by atoms with van der Waals surface area (Å²) in [4.78, 5) is 4.36. The van der Waals surface area contributed by atoms with Crippen molar-refractivity contribution in [1.82, 2.24) is 10.3 Å². The fraction of sp³-hybridized carbons (Fsp3) is 0.812. The van der Waals surface area contributed by atoms with Crippen LogP contribution >= 0.6 is 22.9 Å². The molecule has 1 aromatic rings. The molecule has 4 fully saturated rings. The smallest absolute Gasteiger partial charge is 0.113 e. The third kappa shape index (κ3) is 2.32. The van der Waals surface area contributed by atoms with Gasteiger partial charge in [-0.3, -0.25) is 0 Å². The van der Waals surface area contributed by atoms with Gasteiger partial charge in [-0.15, -0.1) is 11.3 Å². The zero-order chi connectivity index (χ0) is 13.7. The van der Waals surface area contributed by atoms with Crippen molar-refractivity contribution in [1.29, 1.82) is 0 Å². The molecule has 0 amide bonds. The van der Waals surface area contributed by atoms with Gasteiger partial charge in [-0.05, 0) is 68.6 Å². The summed E-state index contributed by atoms with van der Waals surface area (Å²) in [5.74, 6) is 3.08. The van der Waals surface area contributed by atoms with Gasteiger partial charge in [0, 0.05) is 12.6 Å². The van der Waals surface area contributed by atoms with Crippen molar-refractivity contribution in [3.8, 4) is 0 Å². The van der Waals surface area contributed by atoms with Crippen molar-refractivity contribution < 1.29 is 0 Å². The van der Waals surface area contributed by atoms with E-state index in [1.165, 1.54) is 38.5 Å². The Balaban J connectivity index is 1.44. The van der Waals surface area contributed by atoms with Crippen molar-refractivity contribution in [3.05, 3.63) is 15.5 Å². The predicted molar refractivity (Wildman–Crippen MR) is 84.0 cm³/mol. The van der Waals surface area contributed by atoms with Crippen LogP contribution in [0.2, 0.25) is 4.34 Å². The van der Waals surface area contributed by atoms with Crippen LogP contribution in [0.5, 0.6) is 0 Å². The third-order valence-electron chi connectivity index (χ3n) is 6.09. The topological polar surface area (TPSA) is 24.9 Å². The second-order valence-corrected chi connectivity index (χ2v) is 9.19. The second kappa shape index (κ2) is 4.96. The predicted octanol–water partition coefficient (Wildman–Crippen LogP) is 4.49. The van der Waals surface area contributed by atoms with Gasteiger partial charge >= 0.3 is 0 Å². The van der Waals surface area contributed by atoms with Crippen LogP contribution in [0.1, 0.15) is 50.5 Å². The molecule has 2 nitrogen and oxygen atoms in total. The third-order valence-corrected chi connectivity index (χ3v) is 7.20. The minimum atomic E-state index is 0.579. The lowest BCUT2D eigenvalue weighted by molar-refractivity contribution is -0.0706. The summed E-state index contributed by atoms with van der Waals surface area (Å²) in [6, 6.07) is 0.610. The maximum absolute atomic E-state index is 5.96. The van der Waals surface area contributed by atoms with E-state index in [-0.39, 0.29) is 0 Å². The van der Waals surface area contributed by atoms with E-state index < -0.39 is 0 Å². The van der Waals surface area contributed by atoms with Gasteiger partial charge < -0.3 is 5.32 Å². The number of thiazole rings is 1. The Bertz CT molecular complexity index is 463. The molecule has 20 heavy (non-hydrogen) atoms. The molecule has 1 atom stereocenters. The van der Waals surface area contributed by atoms with Crippen LogP contribution in [0, 0.1) is 23.2 Å². The van der Waals surface area contributed by atoms with Crippen LogP contribution in [0.25, 0.3) is 0 Å². The van der Waals surface area contributed by atoms with Gasteiger partial charge in [0.1, 0.15) is 9.34 Å². The van der Waals surface area contributed by atoms with Crippen LogP contribution in [-0.4, -0.2) is 11.0 Å². The van der Waals surface area contributed by atoms with Gasteiger partial charge in [0.2, 0.25) is 0 Å². The number of rotatable bonds is 4. The highest BCUT2D eigenvalue weighted by molar-refractivity contribution is 7.15. The summed E-state index contributed by atoms with van der Waals surface area (Å²) in [5.41, 5.74) is 0.579. The normalized spacial score (nSPS) is 40.2. The molecule has 4 aliphatic rings. The summed E-state index contributed by atoms with van der Waals surface area (Å²) in [7, 11) is 0. The number of halogens is 1. The van der Waals surface area contributed by atoms with Crippen molar-refractivity contribution in [3.63, 3.8) is 0 Å². The molecule has 0 saturated heterocycles. The Kier molecular flexibility index (Phi) is 3.36. The van der Waals surface area contributed by atoms with E-state index in [0.717, 1.165) is 33.6 Å². The molecule has 4 heteroatoms. The number of nitrogens with one attached hydrogen (secondary N) is 1. The van der Waals surface area contributed by atoms with Crippen LogP contribution in [0.15, 0.2) is 6.20 Å². The Hall–Kier alpha value is -0.120. The van der Waals surface area contributed by atoms with Gasteiger partial charge in [-0.25, -0.2) is 4.98 Å². The molecule has 0 aromatic carbocycles. The van der Waals surface area contributed by atoms with Gasteiger partial charge in [0.05, 0.1) is 6.20 Å². The van der Waals surface area contributed by atoms with Crippen molar-refractivity contribution in [2.45, 2.75) is 58.0 Å². The maximum Gasteiger partial charge on any atom is 0.113 e. The molecule has 1 unspecified atom stereocenters. The highest BCUT2D eigenvalue weighted by Gasteiger charge is 2.52. The molecule has 1 aromatic heterocycles. The first-order chi connectivity index (χ1) is 9.63. The monoisotopic (exact) mass is 310 g/mol. The molecule has 0 spiro atoms. The number of aromatic nitrogens is 1. The zero-order valence-electron chi connectivity index (χ0n) is 12.1. The Morgan fingerprint density at radius 2 is 1.90 bits per heavy atom. The molecule has 4 bridgehead atoms. The molecular weight excluding hydrogens is 288 g/mol. The van der Waals surface area contributed by atoms with Crippen LogP contribution in [0.4, 0.5) is 0 Å². The van der Waals surface area contributed by atoms with Crippen molar-refractivity contribution in [2.75, 3.05) is 0 Å². The van der Waals surface area contributed by atoms with Crippen LogP contribution in [-0.2, 0) is 6.54 Å². The average molecular weight is 311 g/mol. The first-order valence-corrected chi connectivity index (χ1v) is 9.16. The van der Waals surface area contributed by atoms with E-state index in [1.807, 2.05) is 0 Å². The number of hydrogen-bond acceptors (Lipinski definition) is 3. The molecule has 110 valence electrons. The molecule has 1 N–H and O–H groups in total. The second-order valence-electron chi connectivity index (χ2n) is 7.44. The van der Waals surface area contributed by atoms with E-state index >= 15 is 0 Å². The lowest BCUT2D eigenvalue weighted by atomic mass is 9.48. The van der Waals surface area contributed by atoms with Gasteiger partial charge in [0.25, 0.3) is 0 Å². The Morgan fingerprint density at radius 1 is 1.30 bits per heavy atom. The van der Waals surface area contributed by atoms with Gasteiger partial charge in [0.15, 0.2) is 0 Å². The fourth-order valence-corrected chi connectivity index (χ4v) is 6.44. The fourth-order valence-electron chi connectivity index (χ4n) is 5.53. The molecular formula is C16H23ClN2S. The molecule has 0 radical (unpaired) electrons. The van der Waals surface area contributed by atoms with Gasteiger partial charge in [-0.2, -0.15) is 0 Å². The molecule has 0 aliphatic heterocycles. The minimum absolute atomic E-state index is 0.579. The Morgan fingerprint density at radius 3 is 2.40 bits per heavy atom. The lowest BCUT2D eigenvalue weighted by Gasteiger charge is -2.59. The van der Waals surface area contributed by atoms with Crippen molar-refractivity contribution >= 4 is 22.9 Å². The first-order valence-electron chi connectivity index (χ1n) is 7.96. The highest BCUT2D eigenvalue weighted by Crippen LogP contribution is 2.61. The zero-order valence-corrected chi connectivity index (χ0v) is 13.6. The Labute approximate surface area is 130 Å². The SMILES string of the molecule is CC(NCc1ncc(Cl)s1)C12CC3CC(CC(C3)C1)C2. The van der Waals surface area contributed by atoms with Crippen molar-refractivity contribution in [2.24, 2.45) is 23.2 Å². The summed E-state index contributed by atoms with van der Waals surface area (Å²) in [5, 5.41) is 4.88. The van der Waals surface area contributed by atoms with E-state index in [0.29, 0.717) is 11.5 Å². The number of nitrogens with zero attached hydrogens (tertiary/aromatic N) is 1. The largest absolute Gasteiger partial charge is 0.307 e. The molecule has 4 saturated carbocycles. The molecule has 5 rings (SSSR count).